The van der Waals surface area contributed by atoms with Crippen molar-refractivity contribution < 1.29 is 9.13 Å². The van der Waals surface area contributed by atoms with Gasteiger partial charge in [-0.3, -0.25) is 0 Å². The third kappa shape index (κ3) is 4.73. The maximum absolute atomic E-state index is 13.6. The Morgan fingerprint density at radius 1 is 1.41 bits per heavy atom. The average molecular weight is 239 g/mol. The molecule has 2 nitrogen and oxygen atoms in total. The van der Waals surface area contributed by atoms with Crippen molar-refractivity contribution in [2.45, 2.75) is 45.7 Å². The zero-order valence-corrected chi connectivity index (χ0v) is 10.9. The molecule has 0 saturated carbocycles. The Kier molecular flexibility index (Phi) is 5.98. The topological polar surface area (TPSA) is 21.3 Å². The zero-order valence-electron chi connectivity index (χ0n) is 10.9. The van der Waals surface area contributed by atoms with Crippen LogP contribution in [0, 0.1) is 5.82 Å². The summed E-state index contributed by atoms with van der Waals surface area (Å²) in [6, 6.07) is 5.41. The number of rotatable bonds is 7. The van der Waals surface area contributed by atoms with E-state index in [9.17, 15) is 4.39 Å². The molecule has 3 heteroatoms. The van der Waals surface area contributed by atoms with E-state index < -0.39 is 0 Å². The second-order valence-corrected chi connectivity index (χ2v) is 4.38. The van der Waals surface area contributed by atoms with Crippen LogP contribution >= 0.6 is 0 Å². The van der Waals surface area contributed by atoms with Gasteiger partial charge < -0.3 is 10.1 Å². The smallest absolute Gasteiger partial charge is 0.131 e. The minimum absolute atomic E-state index is 0.209. The van der Waals surface area contributed by atoms with Gasteiger partial charge in [0.05, 0.1) is 7.11 Å². The monoisotopic (exact) mass is 239 g/mol. The first kappa shape index (κ1) is 14.0. The number of nitrogens with one attached hydrogen (secondary N) is 1. The molecule has 0 fully saturated rings. The van der Waals surface area contributed by atoms with Gasteiger partial charge in [-0.05, 0) is 19.4 Å². The molecule has 0 heterocycles. The van der Waals surface area contributed by atoms with E-state index >= 15 is 0 Å². The molecular formula is C14H22FNO. The summed E-state index contributed by atoms with van der Waals surface area (Å²) in [6.45, 7) is 4.88. The van der Waals surface area contributed by atoms with E-state index in [1.807, 2.05) is 0 Å². The molecule has 1 aromatic carbocycles. The van der Waals surface area contributed by atoms with Crippen LogP contribution in [0.4, 0.5) is 4.39 Å². The lowest BCUT2D eigenvalue weighted by Crippen LogP contribution is -2.25. The highest BCUT2D eigenvalue weighted by atomic mass is 19.1. The van der Waals surface area contributed by atoms with Crippen LogP contribution in [-0.2, 0) is 6.54 Å². The first-order valence-corrected chi connectivity index (χ1v) is 6.23. The van der Waals surface area contributed by atoms with Gasteiger partial charge in [0.2, 0.25) is 0 Å². The molecule has 0 aliphatic heterocycles. The van der Waals surface area contributed by atoms with Crippen LogP contribution in [0.1, 0.15) is 38.7 Å². The predicted molar refractivity (Wildman–Crippen MR) is 68.8 cm³/mol. The Labute approximate surface area is 103 Å². The molecule has 96 valence electrons. The Balaban J connectivity index is 2.46. The second-order valence-electron chi connectivity index (χ2n) is 4.38. The molecule has 0 radical (unpaired) electrons. The van der Waals surface area contributed by atoms with Gasteiger partial charge in [-0.15, -0.1) is 0 Å². The third-order valence-electron chi connectivity index (χ3n) is 2.89. The number of ether oxygens (including phenoxy) is 1. The molecule has 0 saturated heterocycles. The Morgan fingerprint density at radius 3 is 2.76 bits per heavy atom. The lowest BCUT2D eigenvalue weighted by molar-refractivity contribution is 0.410. The van der Waals surface area contributed by atoms with Crippen molar-refractivity contribution in [2.24, 2.45) is 0 Å². The highest BCUT2D eigenvalue weighted by Gasteiger charge is 2.06. The highest BCUT2D eigenvalue weighted by molar-refractivity contribution is 5.28. The number of benzene rings is 1. The number of hydrogen-bond acceptors (Lipinski definition) is 2. The minimum atomic E-state index is -0.209. The van der Waals surface area contributed by atoms with Gasteiger partial charge in [-0.2, -0.15) is 0 Å². The number of hydrogen-bond donors (Lipinski definition) is 1. The molecule has 1 unspecified atom stereocenters. The van der Waals surface area contributed by atoms with Crippen LogP contribution in [0.2, 0.25) is 0 Å². The molecule has 0 bridgehead atoms. The van der Waals surface area contributed by atoms with Crippen LogP contribution in [0.3, 0.4) is 0 Å². The summed E-state index contributed by atoms with van der Waals surface area (Å²) in [5.74, 6) is 0.352. The largest absolute Gasteiger partial charge is 0.497 e. The fourth-order valence-electron chi connectivity index (χ4n) is 1.69. The van der Waals surface area contributed by atoms with Crippen molar-refractivity contribution >= 4 is 0 Å². The number of unbranched alkanes of at least 4 members (excludes halogenated alkanes) is 1. The average Bonchev–Trinajstić information content (AvgIpc) is 2.34. The second kappa shape index (κ2) is 7.28. The van der Waals surface area contributed by atoms with Crippen LogP contribution in [0.25, 0.3) is 0 Å². The summed E-state index contributed by atoms with van der Waals surface area (Å²) in [7, 11) is 1.54. The van der Waals surface area contributed by atoms with Crippen molar-refractivity contribution in [1.82, 2.24) is 5.32 Å². The van der Waals surface area contributed by atoms with Crippen molar-refractivity contribution in [2.75, 3.05) is 7.11 Å². The summed E-state index contributed by atoms with van der Waals surface area (Å²) >= 11 is 0. The molecule has 0 aliphatic rings. The van der Waals surface area contributed by atoms with Crippen LogP contribution in [0.5, 0.6) is 5.75 Å². The fourth-order valence-corrected chi connectivity index (χ4v) is 1.69. The summed E-state index contributed by atoms with van der Waals surface area (Å²) in [5.41, 5.74) is 0.689. The lowest BCUT2D eigenvalue weighted by Gasteiger charge is -2.14. The van der Waals surface area contributed by atoms with E-state index in [-0.39, 0.29) is 5.82 Å². The molecule has 0 aliphatic carbocycles. The molecular weight excluding hydrogens is 217 g/mol. The van der Waals surface area contributed by atoms with Gasteiger partial charge >= 0.3 is 0 Å². The molecule has 0 amide bonds. The number of methoxy groups -OCH3 is 1. The van der Waals surface area contributed by atoms with Crippen LogP contribution in [0.15, 0.2) is 18.2 Å². The van der Waals surface area contributed by atoms with Gasteiger partial charge in [0.25, 0.3) is 0 Å². The van der Waals surface area contributed by atoms with E-state index in [4.69, 9.17) is 4.74 Å². The fraction of sp³-hybridized carbons (Fsp3) is 0.571. The van der Waals surface area contributed by atoms with Gasteiger partial charge in [0.1, 0.15) is 11.6 Å². The maximum Gasteiger partial charge on any atom is 0.131 e. The molecule has 0 spiro atoms. The summed E-state index contributed by atoms with van der Waals surface area (Å²) in [5, 5.41) is 3.33. The van der Waals surface area contributed by atoms with E-state index in [1.54, 1.807) is 19.2 Å². The summed E-state index contributed by atoms with van der Waals surface area (Å²) in [4.78, 5) is 0. The first-order chi connectivity index (χ1) is 8.17. The predicted octanol–water partition coefficient (Wildman–Crippen LogP) is 3.50. The van der Waals surface area contributed by atoms with Crippen molar-refractivity contribution in [1.29, 1.82) is 0 Å². The quantitative estimate of drug-likeness (QED) is 0.786. The molecule has 1 aromatic rings. The van der Waals surface area contributed by atoms with E-state index in [2.05, 4.69) is 19.2 Å². The Morgan fingerprint density at radius 2 is 2.18 bits per heavy atom. The molecule has 0 aromatic heterocycles. The maximum atomic E-state index is 13.6. The van der Waals surface area contributed by atoms with Gasteiger partial charge in [0.15, 0.2) is 0 Å². The van der Waals surface area contributed by atoms with Crippen LogP contribution in [-0.4, -0.2) is 13.2 Å². The van der Waals surface area contributed by atoms with Gasteiger partial charge in [-0.25, -0.2) is 4.39 Å². The third-order valence-corrected chi connectivity index (χ3v) is 2.89. The van der Waals surface area contributed by atoms with Crippen molar-refractivity contribution in [3.63, 3.8) is 0 Å². The summed E-state index contributed by atoms with van der Waals surface area (Å²) < 4.78 is 18.6. The Bertz CT molecular complexity index is 341. The molecule has 1 N–H and O–H groups in total. The number of halogens is 1. The standard InChI is InChI=1S/C14H22FNO/c1-4-5-6-11(2)16-10-12-7-8-13(17-3)9-14(12)15/h7-9,11,16H,4-6,10H2,1-3H3. The first-order valence-electron chi connectivity index (χ1n) is 6.23. The van der Waals surface area contributed by atoms with E-state index in [0.717, 1.165) is 6.42 Å². The van der Waals surface area contributed by atoms with E-state index in [1.165, 1.54) is 18.9 Å². The zero-order chi connectivity index (χ0) is 12.7. The van der Waals surface area contributed by atoms with Gasteiger partial charge in [0, 0.05) is 24.2 Å². The van der Waals surface area contributed by atoms with Crippen molar-refractivity contribution in [3.8, 4) is 5.75 Å². The Hall–Kier alpha value is -1.09. The highest BCUT2D eigenvalue weighted by Crippen LogP contribution is 2.16. The molecule has 17 heavy (non-hydrogen) atoms. The molecule has 1 rings (SSSR count). The lowest BCUT2D eigenvalue weighted by atomic mass is 10.1. The van der Waals surface area contributed by atoms with E-state index in [0.29, 0.717) is 23.9 Å². The van der Waals surface area contributed by atoms with Gasteiger partial charge in [-0.1, -0.05) is 25.8 Å². The summed E-state index contributed by atoms with van der Waals surface area (Å²) in [6.07, 6.45) is 3.54. The van der Waals surface area contributed by atoms with Crippen molar-refractivity contribution in [3.05, 3.63) is 29.6 Å². The minimum Gasteiger partial charge on any atom is -0.497 e. The molecule has 1 atom stereocenters. The SMILES string of the molecule is CCCCC(C)NCc1ccc(OC)cc1F. The van der Waals surface area contributed by atoms with Crippen LogP contribution < -0.4 is 10.1 Å². The normalized spacial score (nSPS) is 12.5.